The van der Waals surface area contributed by atoms with Gasteiger partial charge in [-0.05, 0) is 68.4 Å². The molecular weight excluding hydrogens is 465 g/mol. The Morgan fingerprint density at radius 1 is 1.25 bits per heavy atom. The summed E-state index contributed by atoms with van der Waals surface area (Å²) in [5.74, 6) is -3.35. The van der Waals surface area contributed by atoms with Crippen molar-refractivity contribution in [2.75, 3.05) is 0 Å². The van der Waals surface area contributed by atoms with Crippen LogP contribution in [-0.2, 0) is 19.4 Å². The summed E-state index contributed by atoms with van der Waals surface area (Å²) in [5.41, 5.74) is 0.939. The van der Waals surface area contributed by atoms with Crippen molar-refractivity contribution in [2.45, 2.75) is 57.8 Å². The van der Waals surface area contributed by atoms with Gasteiger partial charge in [0.25, 0.3) is 0 Å². The minimum atomic E-state index is -3.27. The SMILES string of the molecule is C/C=C/C(F)(F)c1ccnc(-c2cc(CCCC(CC3CCC3)C(=O)c3cn(C)cn3)ccc2F)n1. The Balaban J connectivity index is 1.47. The summed E-state index contributed by atoms with van der Waals surface area (Å²) in [6.45, 7) is 1.50. The molecule has 2 heterocycles. The first-order valence-corrected chi connectivity index (χ1v) is 12.4. The zero-order valence-electron chi connectivity index (χ0n) is 20.6. The van der Waals surface area contributed by atoms with E-state index in [9.17, 15) is 18.0 Å². The van der Waals surface area contributed by atoms with Crippen molar-refractivity contribution in [3.63, 3.8) is 0 Å². The number of hydrogen-bond donors (Lipinski definition) is 0. The molecule has 1 atom stereocenters. The smallest absolute Gasteiger partial charge is 0.308 e. The van der Waals surface area contributed by atoms with Crippen molar-refractivity contribution >= 4 is 5.78 Å². The summed E-state index contributed by atoms with van der Waals surface area (Å²) in [7, 11) is 1.85. The lowest BCUT2D eigenvalue weighted by Crippen LogP contribution is -2.22. The number of imidazole rings is 1. The zero-order valence-corrected chi connectivity index (χ0v) is 20.6. The van der Waals surface area contributed by atoms with Gasteiger partial charge in [-0.25, -0.2) is 19.3 Å². The second-order valence-corrected chi connectivity index (χ2v) is 9.61. The summed E-state index contributed by atoms with van der Waals surface area (Å²) in [6.07, 6.45) is 13.1. The first-order chi connectivity index (χ1) is 17.3. The molecule has 0 amide bonds. The van der Waals surface area contributed by atoms with Crippen LogP contribution in [0, 0.1) is 17.7 Å². The molecule has 0 saturated heterocycles. The quantitative estimate of drug-likeness (QED) is 0.219. The van der Waals surface area contributed by atoms with Gasteiger partial charge in [-0.1, -0.05) is 31.4 Å². The lowest BCUT2D eigenvalue weighted by atomic mass is 9.76. The number of allylic oxidation sites excluding steroid dienone is 2. The van der Waals surface area contributed by atoms with Crippen molar-refractivity contribution < 1.29 is 18.0 Å². The van der Waals surface area contributed by atoms with Gasteiger partial charge in [-0.3, -0.25) is 4.79 Å². The predicted molar refractivity (Wildman–Crippen MR) is 132 cm³/mol. The standard InChI is InChI=1S/C28H31F3N4O/c1-3-13-28(30,31)25-12-14-32-27(34-25)22-16-20(10-11-23(22)29)8-5-9-21(15-19-6-4-7-19)26(36)24-17-35(2)18-33-24/h3,10-14,16-19,21H,4-9,15H2,1-2H3/b13-3+. The van der Waals surface area contributed by atoms with Crippen LogP contribution in [0.1, 0.15) is 67.2 Å². The molecule has 1 aliphatic rings. The van der Waals surface area contributed by atoms with Crippen molar-refractivity contribution in [1.29, 1.82) is 0 Å². The van der Waals surface area contributed by atoms with Gasteiger partial charge in [-0.15, -0.1) is 0 Å². The number of nitrogens with zero attached hydrogens (tertiary/aromatic N) is 4. The molecule has 3 aromatic rings. The minimum absolute atomic E-state index is 0.0783. The first kappa shape index (κ1) is 25.8. The van der Waals surface area contributed by atoms with Gasteiger partial charge >= 0.3 is 5.92 Å². The Morgan fingerprint density at radius 2 is 2.06 bits per heavy atom. The van der Waals surface area contributed by atoms with Crippen molar-refractivity contribution in [1.82, 2.24) is 19.5 Å². The van der Waals surface area contributed by atoms with E-state index in [0.717, 1.165) is 30.5 Å². The van der Waals surface area contributed by atoms with Crippen LogP contribution in [0.25, 0.3) is 11.4 Å². The van der Waals surface area contributed by atoms with Crippen molar-refractivity contribution in [3.05, 3.63) is 77.9 Å². The molecule has 0 bridgehead atoms. The number of ketones is 1. The molecule has 0 N–H and O–H groups in total. The lowest BCUT2D eigenvalue weighted by molar-refractivity contribution is 0.0470. The fourth-order valence-corrected chi connectivity index (χ4v) is 4.66. The molecule has 8 heteroatoms. The summed E-state index contributed by atoms with van der Waals surface area (Å²) >= 11 is 0. The number of carbonyl (C=O) groups is 1. The topological polar surface area (TPSA) is 60.7 Å². The monoisotopic (exact) mass is 496 g/mol. The molecule has 1 fully saturated rings. The molecule has 36 heavy (non-hydrogen) atoms. The zero-order chi connectivity index (χ0) is 25.7. The van der Waals surface area contributed by atoms with E-state index >= 15 is 0 Å². The normalized spacial score (nSPS) is 15.2. The molecule has 0 spiro atoms. The number of benzene rings is 1. The number of rotatable bonds is 11. The van der Waals surface area contributed by atoms with Crippen LogP contribution >= 0.6 is 0 Å². The Morgan fingerprint density at radius 3 is 2.72 bits per heavy atom. The fourth-order valence-electron chi connectivity index (χ4n) is 4.66. The molecule has 190 valence electrons. The lowest BCUT2D eigenvalue weighted by Gasteiger charge is -2.29. The number of alkyl halides is 2. The average molecular weight is 497 g/mol. The van der Waals surface area contributed by atoms with Gasteiger partial charge in [0.15, 0.2) is 11.6 Å². The maximum absolute atomic E-state index is 14.6. The van der Waals surface area contributed by atoms with Crippen LogP contribution in [-0.4, -0.2) is 25.3 Å². The largest absolute Gasteiger partial charge is 0.340 e. The summed E-state index contributed by atoms with van der Waals surface area (Å²) in [4.78, 5) is 25.3. The van der Waals surface area contributed by atoms with Crippen LogP contribution in [0.15, 0.2) is 55.1 Å². The maximum Gasteiger partial charge on any atom is 0.308 e. The number of aryl methyl sites for hydroxylation is 2. The molecule has 0 radical (unpaired) electrons. The molecule has 2 aromatic heterocycles. The highest BCUT2D eigenvalue weighted by Crippen LogP contribution is 2.35. The number of carbonyl (C=O) groups excluding carboxylic acids is 1. The Bertz CT molecular complexity index is 1230. The third-order valence-corrected chi connectivity index (χ3v) is 6.83. The summed E-state index contributed by atoms with van der Waals surface area (Å²) in [6, 6.07) is 5.74. The Kier molecular flexibility index (Phi) is 8.01. The first-order valence-electron chi connectivity index (χ1n) is 12.4. The van der Waals surface area contributed by atoms with Crippen LogP contribution < -0.4 is 0 Å². The molecule has 5 nitrogen and oxygen atoms in total. The van der Waals surface area contributed by atoms with Crippen molar-refractivity contribution in [3.8, 4) is 11.4 Å². The van der Waals surface area contributed by atoms with Gasteiger partial charge in [0, 0.05) is 25.4 Å². The molecule has 4 rings (SSSR count). The highest BCUT2D eigenvalue weighted by Gasteiger charge is 2.30. The summed E-state index contributed by atoms with van der Waals surface area (Å²) in [5, 5.41) is 0. The third-order valence-electron chi connectivity index (χ3n) is 6.83. The second kappa shape index (κ2) is 11.2. The van der Waals surface area contributed by atoms with E-state index in [4.69, 9.17) is 0 Å². The van der Waals surface area contributed by atoms with Gasteiger partial charge < -0.3 is 4.57 Å². The van der Waals surface area contributed by atoms with E-state index in [1.54, 1.807) is 29.2 Å². The van der Waals surface area contributed by atoms with E-state index < -0.39 is 17.4 Å². The highest BCUT2D eigenvalue weighted by atomic mass is 19.3. The van der Waals surface area contributed by atoms with E-state index in [-0.39, 0.29) is 23.1 Å². The van der Waals surface area contributed by atoms with Gasteiger partial charge in [0.05, 0.1) is 11.9 Å². The molecule has 0 aliphatic heterocycles. The molecule has 1 aliphatic carbocycles. The number of halogens is 3. The molecule has 1 saturated carbocycles. The van der Waals surface area contributed by atoms with E-state index in [1.807, 2.05) is 7.05 Å². The summed E-state index contributed by atoms with van der Waals surface area (Å²) < 4.78 is 45.0. The highest BCUT2D eigenvalue weighted by molar-refractivity contribution is 5.95. The van der Waals surface area contributed by atoms with Crippen LogP contribution in [0.2, 0.25) is 0 Å². The fraction of sp³-hybridized carbons (Fsp3) is 0.429. The number of aromatic nitrogens is 4. The third kappa shape index (κ3) is 6.09. The maximum atomic E-state index is 14.6. The van der Waals surface area contributed by atoms with Crippen LogP contribution in [0.3, 0.4) is 0 Å². The molecule has 1 unspecified atom stereocenters. The van der Waals surface area contributed by atoms with Gasteiger partial charge in [-0.2, -0.15) is 8.78 Å². The minimum Gasteiger partial charge on any atom is -0.340 e. The predicted octanol–water partition coefficient (Wildman–Crippen LogP) is 6.70. The van der Waals surface area contributed by atoms with E-state index in [0.29, 0.717) is 24.5 Å². The molecule has 1 aromatic carbocycles. The average Bonchev–Trinajstić information content (AvgIpc) is 3.27. The van der Waals surface area contributed by atoms with Crippen molar-refractivity contribution in [2.24, 2.45) is 18.9 Å². The Hall–Kier alpha value is -3.29. The van der Waals surface area contributed by atoms with E-state index in [1.165, 1.54) is 44.5 Å². The number of hydrogen-bond acceptors (Lipinski definition) is 4. The van der Waals surface area contributed by atoms with E-state index in [2.05, 4.69) is 15.0 Å². The molecular formula is C28H31F3N4O. The van der Waals surface area contributed by atoms with Gasteiger partial charge in [0.2, 0.25) is 0 Å². The second-order valence-electron chi connectivity index (χ2n) is 9.61. The van der Waals surface area contributed by atoms with Gasteiger partial charge in [0.1, 0.15) is 17.2 Å². The number of Topliss-reactive ketones (excluding diaryl/α,β-unsaturated/α-hetero) is 1. The van der Waals surface area contributed by atoms with Crippen LogP contribution in [0.5, 0.6) is 0 Å². The Labute approximate surface area is 209 Å². The van der Waals surface area contributed by atoms with Crippen LogP contribution in [0.4, 0.5) is 13.2 Å².